The summed E-state index contributed by atoms with van der Waals surface area (Å²) in [6, 6.07) is 10.7. The monoisotopic (exact) mass is 320 g/mol. The lowest BCUT2D eigenvalue weighted by molar-refractivity contribution is -0.384. The largest absolute Gasteiger partial charge is 0.384 e. The fourth-order valence-corrected chi connectivity index (χ4v) is 2.13. The number of nitro benzene ring substituents is 1. The molecule has 0 fully saturated rings. The van der Waals surface area contributed by atoms with Crippen LogP contribution in [-0.4, -0.2) is 15.9 Å². The van der Waals surface area contributed by atoms with Crippen LogP contribution in [-0.2, 0) is 4.79 Å². The summed E-state index contributed by atoms with van der Waals surface area (Å²) in [4.78, 5) is 21.6. The van der Waals surface area contributed by atoms with Crippen LogP contribution < -0.4 is 5.32 Å². The second-order valence-corrected chi connectivity index (χ2v) is 5.11. The van der Waals surface area contributed by atoms with Gasteiger partial charge in [0.1, 0.15) is 11.8 Å². The van der Waals surface area contributed by atoms with Gasteiger partial charge in [-0.1, -0.05) is 29.8 Å². The zero-order chi connectivity index (χ0) is 16.3. The van der Waals surface area contributed by atoms with E-state index in [0.29, 0.717) is 16.1 Å². The molecule has 2 rings (SSSR count). The third-order valence-electron chi connectivity index (χ3n) is 3.03. The van der Waals surface area contributed by atoms with Crippen LogP contribution in [0.5, 0.6) is 0 Å². The van der Waals surface area contributed by atoms with E-state index >= 15 is 0 Å². The van der Waals surface area contributed by atoms with Crippen molar-refractivity contribution in [2.24, 2.45) is 0 Å². The van der Waals surface area contributed by atoms with Gasteiger partial charge in [0.05, 0.1) is 4.92 Å². The molecule has 6 nitrogen and oxygen atoms in total. The van der Waals surface area contributed by atoms with Gasteiger partial charge in [-0.2, -0.15) is 0 Å². The number of nitrogens with one attached hydrogen (secondary N) is 1. The molecule has 1 unspecified atom stereocenters. The molecule has 0 saturated heterocycles. The smallest absolute Gasteiger partial charge is 0.293 e. The lowest BCUT2D eigenvalue weighted by atomic mass is 10.0. The first-order valence-corrected chi connectivity index (χ1v) is 6.75. The number of hydrogen-bond donors (Lipinski definition) is 2. The van der Waals surface area contributed by atoms with E-state index in [4.69, 9.17) is 11.6 Å². The van der Waals surface area contributed by atoms with Crippen LogP contribution >= 0.6 is 11.6 Å². The second-order valence-electron chi connectivity index (χ2n) is 4.67. The molecule has 0 bridgehead atoms. The lowest BCUT2D eigenvalue weighted by Gasteiger charge is -2.13. The fourth-order valence-electron chi connectivity index (χ4n) is 2.00. The minimum Gasteiger partial charge on any atom is -0.384 e. The maximum Gasteiger partial charge on any atom is 0.293 e. The van der Waals surface area contributed by atoms with Crippen molar-refractivity contribution in [2.45, 2.75) is 13.0 Å². The number of nitro groups is 1. The average molecular weight is 321 g/mol. The summed E-state index contributed by atoms with van der Waals surface area (Å²) < 4.78 is 0. The van der Waals surface area contributed by atoms with E-state index in [1.807, 2.05) is 0 Å². The third-order valence-corrected chi connectivity index (χ3v) is 3.28. The Morgan fingerprint density at radius 3 is 2.36 bits per heavy atom. The van der Waals surface area contributed by atoms with Gasteiger partial charge >= 0.3 is 0 Å². The minimum absolute atomic E-state index is 0.0876. The highest BCUT2D eigenvalue weighted by molar-refractivity contribution is 6.30. The molecule has 0 heterocycles. The molecule has 0 aliphatic heterocycles. The number of aliphatic hydroxyl groups excluding tert-OH is 1. The molecule has 1 amide bonds. The van der Waals surface area contributed by atoms with E-state index in [1.165, 1.54) is 25.1 Å². The summed E-state index contributed by atoms with van der Waals surface area (Å²) in [5, 5.41) is 24.3. The summed E-state index contributed by atoms with van der Waals surface area (Å²) in [7, 11) is 0. The van der Waals surface area contributed by atoms with Crippen LogP contribution in [0.4, 0.5) is 11.4 Å². The number of rotatable bonds is 4. The molecule has 7 heteroatoms. The SMILES string of the molecule is CC(=O)Nc1ccc(C(O)c2ccc(Cl)cc2)cc1[N+](=O)[O-]. The third kappa shape index (κ3) is 3.60. The summed E-state index contributed by atoms with van der Waals surface area (Å²) in [5.41, 5.74) is 0.722. The molecule has 0 aromatic heterocycles. The fraction of sp³-hybridized carbons (Fsp3) is 0.133. The van der Waals surface area contributed by atoms with Crippen molar-refractivity contribution in [3.63, 3.8) is 0 Å². The molecule has 2 N–H and O–H groups in total. The zero-order valence-corrected chi connectivity index (χ0v) is 12.4. The quantitative estimate of drug-likeness (QED) is 0.668. The Kier molecular flexibility index (Phi) is 4.75. The highest BCUT2D eigenvalue weighted by Crippen LogP contribution is 2.31. The van der Waals surface area contributed by atoms with Gasteiger partial charge in [0.2, 0.25) is 5.91 Å². The number of benzene rings is 2. The second kappa shape index (κ2) is 6.55. The number of aliphatic hydroxyl groups is 1. The number of carbonyl (C=O) groups is 1. The minimum atomic E-state index is -1.03. The molecular formula is C15H13ClN2O4. The first kappa shape index (κ1) is 15.9. The Hall–Kier alpha value is -2.44. The van der Waals surface area contributed by atoms with Crippen molar-refractivity contribution in [3.05, 3.63) is 68.7 Å². The van der Waals surface area contributed by atoms with Crippen molar-refractivity contribution in [3.8, 4) is 0 Å². The Morgan fingerprint density at radius 2 is 1.82 bits per heavy atom. The first-order valence-electron chi connectivity index (χ1n) is 6.38. The van der Waals surface area contributed by atoms with E-state index in [1.54, 1.807) is 24.3 Å². The highest BCUT2D eigenvalue weighted by Gasteiger charge is 2.19. The molecule has 0 radical (unpaired) electrons. The van der Waals surface area contributed by atoms with Gasteiger partial charge < -0.3 is 10.4 Å². The van der Waals surface area contributed by atoms with Crippen molar-refractivity contribution < 1.29 is 14.8 Å². The maximum absolute atomic E-state index is 11.1. The van der Waals surface area contributed by atoms with Gasteiger partial charge in [-0.25, -0.2) is 0 Å². The predicted octanol–water partition coefficient (Wildman–Crippen LogP) is 3.29. The van der Waals surface area contributed by atoms with E-state index in [2.05, 4.69) is 5.32 Å². The normalized spacial score (nSPS) is 11.8. The Labute approximate surface area is 131 Å². The molecule has 2 aromatic rings. The molecule has 22 heavy (non-hydrogen) atoms. The Morgan fingerprint density at radius 1 is 1.23 bits per heavy atom. The van der Waals surface area contributed by atoms with Gasteiger partial charge in [0.25, 0.3) is 5.69 Å². The van der Waals surface area contributed by atoms with E-state index in [-0.39, 0.29) is 11.4 Å². The number of nitrogens with zero attached hydrogens (tertiary/aromatic N) is 1. The van der Waals surface area contributed by atoms with Crippen LogP contribution in [0.1, 0.15) is 24.2 Å². The van der Waals surface area contributed by atoms with Crippen molar-refractivity contribution in [1.29, 1.82) is 0 Å². The van der Waals surface area contributed by atoms with Crippen LogP contribution in [0.2, 0.25) is 5.02 Å². The molecule has 1 atom stereocenters. The Bertz CT molecular complexity index is 716. The van der Waals surface area contributed by atoms with Crippen molar-refractivity contribution in [1.82, 2.24) is 0 Å². The highest BCUT2D eigenvalue weighted by atomic mass is 35.5. The van der Waals surface area contributed by atoms with E-state index < -0.39 is 16.9 Å². The van der Waals surface area contributed by atoms with Gasteiger partial charge in [-0.05, 0) is 29.3 Å². The summed E-state index contributed by atoms with van der Waals surface area (Å²) in [6.45, 7) is 1.26. The summed E-state index contributed by atoms with van der Waals surface area (Å²) in [5.74, 6) is -0.408. The van der Waals surface area contributed by atoms with Crippen LogP contribution in [0.15, 0.2) is 42.5 Å². The topological polar surface area (TPSA) is 92.5 Å². The lowest BCUT2D eigenvalue weighted by Crippen LogP contribution is -2.09. The van der Waals surface area contributed by atoms with Crippen LogP contribution in [0.25, 0.3) is 0 Å². The van der Waals surface area contributed by atoms with Gasteiger partial charge in [-0.3, -0.25) is 14.9 Å². The molecule has 0 aliphatic rings. The number of carbonyl (C=O) groups excluding carboxylic acids is 1. The molecule has 114 valence electrons. The molecule has 2 aromatic carbocycles. The molecule has 0 spiro atoms. The maximum atomic E-state index is 11.1. The predicted molar refractivity (Wildman–Crippen MR) is 82.9 cm³/mol. The summed E-state index contributed by atoms with van der Waals surface area (Å²) >= 11 is 5.79. The Balaban J connectivity index is 2.39. The molecular weight excluding hydrogens is 308 g/mol. The van der Waals surface area contributed by atoms with Crippen molar-refractivity contribution in [2.75, 3.05) is 5.32 Å². The molecule has 0 aliphatic carbocycles. The first-order chi connectivity index (χ1) is 10.4. The molecule has 0 saturated carbocycles. The number of amides is 1. The van der Waals surface area contributed by atoms with Crippen LogP contribution in [0.3, 0.4) is 0 Å². The van der Waals surface area contributed by atoms with E-state index in [9.17, 15) is 20.0 Å². The van der Waals surface area contributed by atoms with E-state index in [0.717, 1.165) is 0 Å². The zero-order valence-electron chi connectivity index (χ0n) is 11.6. The number of halogens is 1. The standard InChI is InChI=1S/C15H13ClN2O4/c1-9(19)17-13-7-4-11(8-14(13)18(21)22)15(20)10-2-5-12(16)6-3-10/h2-8,15,20H,1H3,(H,17,19). The van der Waals surface area contributed by atoms with Gasteiger partial charge in [-0.15, -0.1) is 0 Å². The van der Waals surface area contributed by atoms with Crippen molar-refractivity contribution >= 4 is 28.9 Å². The summed E-state index contributed by atoms with van der Waals surface area (Å²) in [6.07, 6.45) is -1.03. The number of anilines is 1. The number of hydrogen-bond acceptors (Lipinski definition) is 4. The van der Waals surface area contributed by atoms with Gasteiger partial charge in [0.15, 0.2) is 0 Å². The van der Waals surface area contributed by atoms with Gasteiger partial charge in [0, 0.05) is 18.0 Å². The average Bonchev–Trinajstić information content (AvgIpc) is 2.47. The van der Waals surface area contributed by atoms with Crippen LogP contribution in [0, 0.1) is 10.1 Å².